The fourth-order valence-electron chi connectivity index (χ4n) is 4.57. The second kappa shape index (κ2) is 6.58. The van der Waals surface area contributed by atoms with Gasteiger partial charge in [-0.05, 0) is 46.0 Å². The Bertz CT molecular complexity index is 830. The summed E-state index contributed by atoms with van der Waals surface area (Å²) < 4.78 is 28.7. The van der Waals surface area contributed by atoms with Crippen molar-refractivity contribution >= 4 is 15.9 Å². The molecule has 0 unspecified atom stereocenters. The van der Waals surface area contributed by atoms with Crippen molar-refractivity contribution in [3.8, 4) is 0 Å². The Morgan fingerprint density at radius 1 is 1.33 bits per heavy atom. The zero-order valence-corrected chi connectivity index (χ0v) is 17.3. The molecule has 7 nitrogen and oxygen atoms in total. The number of carbonyl (C=O) groups excluding carboxylic acids is 1. The number of hydrogen-bond donors (Lipinski definition) is 0. The maximum atomic E-state index is 13.4. The molecule has 0 N–H and O–H groups in total. The summed E-state index contributed by atoms with van der Waals surface area (Å²) in [5, 5.41) is 0. The Morgan fingerprint density at radius 2 is 2.07 bits per heavy atom. The van der Waals surface area contributed by atoms with Crippen LogP contribution in [-0.4, -0.2) is 65.0 Å². The summed E-state index contributed by atoms with van der Waals surface area (Å²) >= 11 is 0. The number of amides is 1. The highest BCUT2D eigenvalue weighted by molar-refractivity contribution is 7.89. The minimum absolute atomic E-state index is 0.0657. The second-order valence-electron chi connectivity index (χ2n) is 8.69. The Kier molecular flexibility index (Phi) is 4.62. The summed E-state index contributed by atoms with van der Waals surface area (Å²) in [5.74, 6) is 0.665. The molecule has 8 heteroatoms. The normalized spacial score (nSPS) is 29.6. The van der Waals surface area contributed by atoms with Crippen LogP contribution in [0.4, 0.5) is 0 Å². The van der Waals surface area contributed by atoms with Crippen LogP contribution >= 0.6 is 0 Å². The average molecular weight is 395 g/mol. The monoisotopic (exact) mass is 394 g/mol. The van der Waals surface area contributed by atoms with Gasteiger partial charge in [0.2, 0.25) is 15.9 Å². The van der Waals surface area contributed by atoms with Gasteiger partial charge in [-0.15, -0.1) is 0 Å². The molecule has 1 saturated carbocycles. The van der Waals surface area contributed by atoms with Gasteiger partial charge in [-0.3, -0.25) is 4.79 Å². The van der Waals surface area contributed by atoms with Crippen molar-refractivity contribution in [1.29, 1.82) is 0 Å². The van der Waals surface area contributed by atoms with Gasteiger partial charge in [-0.1, -0.05) is 0 Å². The summed E-state index contributed by atoms with van der Waals surface area (Å²) in [5.41, 5.74) is 0.187. The van der Waals surface area contributed by atoms with E-state index < -0.39 is 15.4 Å². The molecule has 1 aromatic rings. The maximum absolute atomic E-state index is 13.4. The van der Waals surface area contributed by atoms with Crippen molar-refractivity contribution < 1.29 is 13.2 Å². The highest BCUT2D eigenvalue weighted by Gasteiger charge is 2.59. The molecule has 1 amide bonds. The van der Waals surface area contributed by atoms with E-state index in [1.807, 2.05) is 15.7 Å². The van der Waals surface area contributed by atoms with E-state index in [4.69, 9.17) is 0 Å². The van der Waals surface area contributed by atoms with Crippen LogP contribution < -0.4 is 0 Å². The molecule has 2 aliphatic heterocycles. The summed E-state index contributed by atoms with van der Waals surface area (Å²) in [6.07, 6.45) is 6.92. The topological polar surface area (TPSA) is 75.5 Å². The smallest absolute Gasteiger partial charge is 0.230 e. The second-order valence-corrected chi connectivity index (χ2v) is 10.9. The first-order valence-electron chi connectivity index (χ1n) is 10.1. The third-order valence-corrected chi connectivity index (χ3v) is 8.36. The molecule has 3 heterocycles. The van der Waals surface area contributed by atoms with Gasteiger partial charge >= 0.3 is 0 Å². The zero-order chi connectivity index (χ0) is 19.4. The first-order valence-corrected chi connectivity index (χ1v) is 11.7. The molecule has 2 saturated heterocycles. The number of sulfonamides is 1. The zero-order valence-electron chi connectivity index (χ0n) is 16.5. The third-order valence-electron chi connectivity index (χ3n) is 6.56. The van der Waals surface area contributed by atoms with Crippen LogP contribution in [0.2, 0.25) is 0 Å². The van der Waals surface area contributed by atoms with Crippen molar-refractivity contribution in [2.45, 2.75) is 52.0 Å². The van der Waals surface area contributed by atoms with Crippen LogP contribution in [0, 0.1) is 11.3 Å². The Labute approximate surface area is 161 Å². The summed E-state index contributed by atoms with van der Waals surface area (Å²) in [6, 6.07) is 0.282. The lowest BCUT2D eigenvalue weighted by molar-refractivity contribution is -0.136. The molecule has 27 heavy (non-hydrogen) atoms. The van der Waals surface area contributed by atoms with Crippen LogP contribution in [0.3, 0.4) is 0 Å². The lowest BCUT2D eigenvalue weighted by Crippen LogP contribution is -2.41. The molecular formula is C19H30N4O3S. The number of likely N-dealkylation sites (tertiary alicyclic amines) is 1. The van der Waals surface area contributed by atoms with E-state index in [2.05, 4.69) is 18.8 Å². The first-order chi connectivity index (χ1) is 12.8. The molecule has 3 fully saturated rings. The van der Waals surface area contributed by atoms with E-state index in [1.165, 1.54) is 17.1 Å². The number of rotatable bonds is 6. The van der Waals surface area contributed by atoms with Crippen LogP contribution in [0.25, 0.3) is 0 Å². The molecule has 0 aromatic carbocycles. The highest BCUT2D eigenvalue weighted by atomic mass is 32.2. The van der Waals surface area contributed by atoms with E-state index in [1.54, 1.807) is 13.3 Å². The molecular weight excluding hydrogens is 364 g/mol. The van der Waals surface area contributed by atoms with Crippen molar-refractivity contribution in [3.05, 3.63) is 18.2 Å². The first kappa shape index (κ1) is 18.9. The fraction of sp³-hybridized carbons (Fsp3) is 0.789. The van der Waals surface area contributed by atoms with Gasteiger partial charge < -0.3 is 9.47 Å². The number of nitrogens with zero attached hydrogens (tertiary/aromatic N) is 4. The lowest BCUT2D eigenvalue weighted by atomic mass is 9.75. The van der Waals surface area contributed by atoms with Crippen LogP contribution in [0.1, 0.15) is 57.7 Å². The predicted molar refractivity (Wildman–Crippen MR) is 103 cm³/mol. The maximum Gasteiger partial charge on any atom is 0.230 e. The van der Waals surface area contributed by atoms with Gasteiger partial charge in [0.25, 0.3) is 0 Å². The largest absolute Gasteiger partial charge is 0.342 e. The van der Waals surface area contributed by atoms with Crippen LogP contribution in [0.15, 0.2) is 12.5 Å². The SMILES string of the molecule is CCS(=O)(=O)N1C[C@H](c2cn(C(C)C)cn2)[C@@]2(CCN(CC3CC3)C2=O)C1. The molecule has 3 aliphatic rings. The Hall–Kier alpha value is -1.41. The number of hydrogen-bond acceptors (Lipinski definition) is 4. The Morgan fingerprint density at radius 3 is 2.67 bits per heavy atom. The number of carbonyl (C=O) groups is 1. The predicted octanol–water partition coefficient (Wildman–Crippen LogP) is 1.84. The van der Waals surface area contributed by atoms with Gasteiger partial charge in [0.05, 0.1) is 23.2 Å². The Balaban J connectivity index is 1.68. The van der Waals surface area contributed by atoms with Gasteiger partial charge in [-0.25, -0.2) is 17.7 Å². The highest BCUT2D eigenvalue weighted by Crippen LogP contribution is 2.51. The van der Waals surface area contributed by atoms with Crippen LogP contribution in [-0.2, 0) is 14.8 Å². The molecule has 2 atom stereocenters. The van der Waals surface area contributed by atoms with Gasteiger partial charge in [0, 0.05) is 44.3 Å². The van der Waals surface area contributed by atoms with Gasteiger partial charge in [-0.2, -0.15) is 0 Å². The molecule has 1 spiro atoms. The molecule has 150 valence electrons. The van der Waals surface area contributed by atoms with E-state index in [9.17, 15) is 13.2 Å². The molecule has 1 aromatic heterocycles. The summed E-state index contributed by atoms with van der Waals surface area (Å²) in [7, 11) is -3.34. The fourth-order valence-corrected chi connectivity index (χ4v) is 5.74. The summed E-state index contributed by atoms with van der Waals surface area (Å²) in [4.78, 5) is 20.0. The minimum Gasteiger partial charge on any atom is -0.342 e. The number of imidazole rings is 1. The van der Waals surface area contributed by atoms with E-state index in [0.717, 1.165) is 18.8 Å². The molecule has 1 aliphatic carbocycles. The van der Waals surface area contributed by atoms with Gasteiger partial charge in [0.15, 0.2) is 0 Å². The lowest BCUT2D eigenvalue weighted by Gasteiger charge is -2.28. The number of aromatic nitrogens is 2. The van der Waals surface area contributed by atoms with Crippen molar-refractivity contribution in [2.75, 3.05) is 31.9 Å². The van der Waals surface area contributed by atoms with Crippen LogP contribution in [0.5, 0.6) is 0 Å². The third kappa shape index (κ3) is 3.20. The standard InChI is InChI=1S/C19H30N4O3S/c1-4-27(25,26)23-10-16(17-11-22(13-20-17)14(2)3)19(12-23)7-8-21(18(19)24)9-15-5-6-15/h11,13-16H,4-10,12H2,1-3H3/t16-,19-/m1/s1. The summed E-state index contributed by atoms with van der Waals surface area (Å²) in [6.45, 7) is 8.05. The van der Waals surface area contributed by atoms with E-state index in [0.29, 0.717) is 25.4 Å². The van der Waals surface area contributed by atoms with E-state index >= 15 is 0 Å². The molecule has 0 radical (unpaired) electrons. The van der Waals surface area contributed by atoms with E-state index in [-0.39, 0.29) is 23.6 Å². The van der Waals surface area contributed by atoms with Crippen molar-refractivity contribution in [3.63, 3.8) is 0 Å². The molecule has 0 bridgehead atoms. The van der Waals surface area contributed by atoms with Crippen molar-refractivity contribution in [1.82, 2.24) is 18.8 Å². The van der Waals surface area contributed by atoms with Crippen molar-refractivity contribution in [2.24, 2.45) is 11.3 Å². The average Bonchev–Trinajstić information content (AvgIpc) is 3.06. The molecule has 4 rings (SSSR count). The quantitative estimate of drug-likeness (QED) is 0.738. The minimum atomic E-state index is -3.34. The van der Waals surface area contributed by atoms with Gasteiger partial charge in [0.1, 0.15) is 0 Å².